The number of hydrogen-bond donors (Lipinski definition) is 0. The third-order valence-electron chi connectivity index (χ3n) is 10.8. The molecule has 12 rings (SSSR count). The molecule has 49 heavy (non-hydrogen) atoms. The van der Waals surface area contributed by atoms with Crippen molar-refractivity contribution in [3.05, 3.63) is 158 Å². The van der Waals surface area contributed by atoms with Crippen LogP contribution in [0, 0.1) is 0 Å². The van der Waals surface area contributed by atoms with Crippen LogP contribution in [0.1, 0.15) is 0 Å². The maximum atomic E-state index is 4.87. The summed E-state index contributed by atoms with van der Waals surface area (Å²) < 4.78 is 7.28. The predicted molar refractivity (Wildman–Crippen MR) is 205 cm³/mol. The minimum atomic E-state index is 0.967. The zero-order valence-electron chi connectivity index (χ0n) is 26.3. The van der Waals surface area contributed by atoms with Crippen LogP contribution in [0.25, 0.3) is 104 Å². The minimum Gasteiger partial charge on any atom is -0.309 e. The van der Waals surface area contributed by atoms with Gasteiger partial charge < -0.3 is 8.97 Å². The van der Waals surface area contributed by atoms with Gasteiger partial charge in [-0.3, -0.25) is 4.57 Å². The van der Waals surface area contributed by atoms with Gasteiger partial charge in [0.15, 0.2) is 0 Å². The highest BCUT2D eigenvalue weighted by Gasteiger charge is 2.25. The summed E-state index contributed by atoms with van der Waals surface area (Å²) in [5.74, 6) is 0. The van der Waals surface area contributed by atoms with E-state index in [1.807, 2.05) is 12.3 Å². The monoisotopic (exact) mass is 622 g/mol. The quantitative estimate of drug-likeness (QED) is 0.188. The number of hydrogen-bond acceptors (Lipinski definition) is 1. The number of rotatable bonds is 2. The molecule has 4 heteroatoms. The highest BCUT2D eigenvalue weighted by Crippen LogP contribution is 2.48. The molecule has 0 spiro atoms. The molecule has 0 bridgehead atoms. The van der Waals surface area contributed by atoms with E-state index >= 15 is 0 Å². The van der Waals surface area contributed by atoms with E-state index in [4.69, 9.17) is 4.98 Å². The van der Waals surface area contributed by atoms with Crippen molar-refractivity contribution in [3.8, 4) is 11.4 Å². The molecule has 0 N–H and O–H groups in total. The normalized spacial score (nSPS) is 12.5. The van der Waals surface area contributed by atoms with Crippen LogP contribution in [0.3, 0.4) is 0 Å². The van der Waals surface area contributed by atoms with Crippen molar-refractivity contribution < 1.29 is 0 Å². The number of aromatic nitrogens is 4. The average Bonchev–Trinajstić information content (AvgIpc) is 3.88. The van der Waals surface area contributed by atoms with Crippen LogP contribution in [0.2, 0.25) is 0 Å². The molecule has 0 atom stereocenters. The van der Waals surface area contributed by atoms with Gasteiger partial charge in [0.1, 0.15) is 5.65 Å². The van der Waals surface area contributed by atoms with E-state index in [-0.39, 0.29) is 0 Å². The molecule has 5 heterocycles. The van der Waals surface area contributed by atoms with E-state index in [0.29, 0.717) is 0 Å². The van der Waals surface area contributed by atoms with Crippen molar-refractivity contribution in [2.24, 2.45) is 0 Å². The van der Waals surface area contributed by atoms with Gasteiger partial charge in [-0.2, -0.15) is 0 Å². The highest BCUT2D eigenvalue weighted by molar-refractivity contribution is 6.38. The molecule has 5 aromatic heterocycles. The van der Waals surface area contributed by atoms with Crippen LogP contribution in [0.4, 0.5) is 0 Å². The minimum absolute atomic E-state index is 0.967. The second-order valence-corrected chi connectivity index (χ2v) is 13.2. The highest BCUT2D eigenvalue weighted by atomic mass is 15.1. The van der Waals surface area contributed by atoms with E-state index in [1.54, 1.807) is 0 Å². The fourth-order valence-corrected chi connectivity index (χ4v) is 8.88. The van der Waals surface area contributed by atoms with Crippen molar-refractivity contribution in [2.45, 2.75) is 0 Å². The summed E-state index contributed by atoms with van der Waals surface area (Å²) >= 11 is 0. The Balaban J connectivity index is 1.27. The molecule has 0 radical (unpaired) electrons. The smallest absolute Gasteiger partial charge is 0.145 e. The van der Waals surface area contributed by atoms with E-state index < -0.39 is 0 Å². The van der Waals surface area contributed by atoms with Crippen LogP contribution in [0.15, 0.2) is 158 Å². The first-order chi connectivity index (χ1) is 24.3. The fourth-order valence-electron chi connectivity index (χ4n) is 8.88. The Bertz CT molecular complexity index is 3280. The Morgan fingerprint density at radius 1 is 0.367 bits per heavy atom. The van der Waals surface area contributed by atoms with Crippen molar-refractivity contribution >= 4 is 92.6 Å². The van der Waals surface area contributed by atoms with Crippen molar-refractivity contribution in [3.63, 3.8) is 0 Å². The third-order valence-corrected chi connectivity index (χ3v) is 10.8. The summed E-state index contributed by atoms with van der Waals surface area (Å²) in [4.78, 5) is 4.87. The Labute approximate surface area is 279 Å². The summed E-state index contributed by atoms with van der Waals surface area (Å²) in [6.45, 7) is 0. The predicted octanol–water partition coefficient (Wildman–Crippen LogP) is 11.6. The van der Waals surface area contributed by atoms with Gasteiger partial charge in [-0.25, -0.2) is 4.98 Å². The Hall–Kier alpha value is -6.65. The largest absolute Gasteiger partial charge is 0.309 e. The van der Waals surface area contributed by atoms with Gasteiger partial charge >= 0.3 is 0 Å². The molecule has 0 fully saturated rings. The second kappa shape index (κ2) is 9.03. The molecule has 4 nitrogen and oxygen atoms in total. The van der Waals surface area contributed by atoms with Crippen molar-refractivity contribution in [1.82, 2.24) is 18.5 Å². The summed E-state index contributed by atoms with van der Waals surface area (Å²) in [7, 11) is 0. The van der Waals surface area contributed by atoms with Gasteiger partial charge in [0.25, 0.3) is 0 Å². The van der Waals surface area contributed by atoms with E-state index in [2.05, 4.69) is 159 Å². The van der Waals surface area contributed by atoms with Crippen LogP contribution >= 0.6 is 0 Å². The molecule has 12 aromatic rings. The lowest BCUT2D eigenvalue weighted by atomic mass is 9.98. The first kappa shape index (κ1) is 25.4. The van der Waals surface area contributed by atoms with E-state index in [0.717, 1.165) is 27.9 Å². The summed E-state index contributed by atoms with van der Waals surface area (Å²) in [6.07, 6.45) is 1.89. The number of benzene rings is 7. The molecule has 0 aliphatic heterocycles. The lowest BCUT2D eigenvalue weighted by Crippen LogP contribution is -1.99. The van der Waals surface area contributed by atoms with Crippen LogP contribution < -0.4 is 0 Å². The maximum Gasteiger partial charge on any atom is 0.145 e. The van der Waals surface area contributed by atoms with Gasteiger partial charge in [0, 0.05) is 60.7 Å². The van der Waals surface area contributed by atoms with Gasteiger partial charge in [0.2, 0.25) is 0 Å². The Morgan fingerprint density at radius 2 is 1.00 bits per heavy atom. The van der Waals surface area contributed by atoms with Gasteiger partial charge in [-0.05, 0) is 71.4 Å². The molecule has 0 aliphatic carbocycles. The summed E-state index contributed by atoms with van der Waals surface area (Å²) in [5, 5.41) is 12.7. The van der Waals surface area contributed by atoms with Crippen LogP contribution in [-0.4, -0.2) is 18.5 Å². The first-order valence-corrected chi connectivity index (χ1v) is 16.8. The topological polar surface area (TPSA) is 27.2 Å². The second-order valence-electron chi connectivity index (χ2n) is 13.2. The molecule has 0 saturated heterocycles. The third kappa shape index (κ3) is 3.12. The lowest BCUT2D eigenvalue weighted by molar-refractivity contribution is 1.11. The standard InChI is InChI=1S/C45H26N4/c1-2-14-30-27(11-1)22-23-39-41(30)43-42-34-17-5-8-21-38(34)47(40(42)26-35-32-16-4-7-20-37(32)49(39)44(35)43)28-12-9-13-29(25-28)48-36-19-6-3-15-31(36)33-18-10-24-46-45(33)48/h1-26H. The van der Waals surface area contributed by atoms with Gasteiger partial charge in [-0.15, -0.1) is 0 Å². The van der Waals surface area contributed by atoms with Crippen LogP contribution in [0.5, 0.6) is 0 Å². The molecular weight excluding hydrogens is 597 g/mol. The zero-order chi connectivity index (χ0) is 31.8. The number of nitrogens with zero attached hydrogens (tertiary/aromatic N) is 4. The number of fused-ring (bicyclic) bond motifs is 15. The van der Waals surface area contributed by atoms with E-state index in [1.165, 1.54) is 76.1 Å². The zero-order valence-corrected chi connectivity index (χ0v) is 26.3. The summed E-state index contributed by atoms with van der Waals surface area (Å²) in [5.41, 5.74) is 10.5. The maximum absolute atomic E-state index is 4.87. The molecule has 0 unspecified atom stereocenters. The van der Waals surface area contributed by atoms with Crippen molar-refractivity contribution in [2.75, 3.05) is 0 Å². The van der Waals surface area contributed by atoms with E-state index in [9.17, 15) is 0 Å². The number of para-hydroxylation sites is 3. The fraction of sp³-hybridized carbons (Fsp3) is 0. The van der Waals surface area contributed by atoms with Gasteiger partial charge in [-0.1, -0.05) is 91.0 Å². The molecule has 0 saturated carbocycles. The molecule has 0 amide bonds. The van der Waals surface area contributed by atoms with Crippen molar-refractivity contribution in [1.29, 1.82) is 0 Å². The first-order valence-electron chi connectivity index (χ1n) is 16.8. The van der Waals surface area contributed by atoms with Gasteiger partial charge in [0.05, 0.1) is 33.1 Å². The Morgan fingerprint density at radius 3 is 1.84 bits per heavy atom. The summed E-state index contributed by atoms with van der Waals surface area (Å²) in [6, 6.07) is 55.4. The molecule has 7 aromatic carbocycles. The van der Waals surface area contributed by atoms with Crippen LogP contribution in [-0.2, 0) is 0 Å². The molecule has 226 valence electrons. The Kier molecular flexibility index (Phi) is 4.69. The SMILES string of the molecule is c1cc(-n2c3ccccc3c3c4c5c6ccccc6ccc5n5c6ccccc6c(cc32)c45)cc(-n2c3ccccc3c3cccnc32)c1. The number of pyridine rings is 1. The molecule has 0 aliphatic rings. The molecular formula is C45H26N4. The lowest BCUT2D eigenvalue weighted by Gasteiger charge is -2.12. The average molecular weight is 623 g/mol.